The van der Waals surface area contributed by atoms with Gasteiger partial charge in [-0.25, -0.2) is 14.4 Å². The summed E-state index contributed by atoms with van der Waals surface area (Å²) in [5.41, 5.74) is 0.375. The van der Waals surface area contributed by atoms with E-state index in [4.69, 9.17) is 9.84 Å². The number of carbonyl (C=O) groups excluding carboxylic acids is 2. The highest BCUT2D eigenvalue weighted by molar-refractivity contribution is 5.96. The van der Waals surface area contributed by atoms with Crippen LogP contribution in [0.15, 0.2) is 48.5 Å². The summed E-state index contributed by atoms with van der Waals surface area (Å²) in [5.74, 6) is -2.47. The highest BCUT2D eigenvalue weighted by atomic mass is 16.5. The number of para-hydroxylation sites is 1. The first kappa shape index (κ1) is 15.2. The van der Waals surface area contributed by atoms with Gasteiger partial charge in [-0.05, 0) is 36.4 Å². The number of carbonyl (C=O) groups is 3. The lowest BCUT2D eigenvalue weighted by molar-refractivity contribution is 0.0597. The Balaban J connectivity index is 2.19. The van der Waals surface area contributed by atoms with Crippen molar-refractivity contribution >= 4 is 17.9 Å². The van der Waals surface area contributed by atoms with E-state index in [2.05, 4.69) is 4.74 Å². The van der Waals surface area contributed by atoms with Crippen molar-refractivity contribution in [2.45, 2.75) is 0 Å². The Morgan fingerprint density at radius 3 is 1.95 bits per heavy atom. The Morgan fingerprint density at radius 1 is 0.864 bits per heavy atom. The van der Waals surface area contributed by atoms with E-state index < -0.39 is 17.9 Å². The van der Waals surface area contributed by atoms with Crippen molar-refractivity contribution in [1.82, 2.24) is 0 Å². The molecule has 112 valence electrons. The number of aromatic carboxylic acids is 1. The molecule has 2 rings (SSSR count). The molecule has 0 unspecified atom stereocenters. The lowest BCUT2D eigenvalue weighted by atomic mass is 10.1. The smallest absolute Gasteiger partial charge is 0.343 e. The van der Waals surface area contributed by atoms with E-state index in [1.54, 1.807) is 6.07 Å². The van der Waals surface area contributed by atoms with Crippen molar-refractivity contribution < 1.29 is 29.0 Å². The second-order valence-electron chi connectivity index (χ2n) is 4.26. The van der Waals surface area contributed by atoms with Crippen LogP contribution in [0.5, 0.6) is 5.75 Å². The number of methoxy groups -OCH3 is 1. The first-order chi connectivity index (χ1) is 10.5. The van der Waals surface area contributed by atoms with Crippen LogP contribution in [-0.2, 0) is 4.74 Å². The minimum absolute atomic E-state index is 0.0444. The molecule has 6 heteroatoms. The van der Waals surface area contributed by atoms with E-state index in [0.717, 1.165) is 0 Å². The van der Waals surface area contributed by atoms with Crippen LogP contribution in [0.2, 0.25) is 0 Å². The zero-order chi connectivity index (χ0) is 16.1. The zero-order valence-electron chi connectivity index (χ0n) is 11.6. The van der Waals surface area contributed by atoms with E-state index in [1.807, 2.05) is 0 Å². The minimum atomic E-state index is -1.19. The van der Waals surface area contributed by atoms with E-state index in [1.165, 1.54) is 49.6 Å². The topological polar surface area (TPSA) is 89.9 Å². The van der Waals surface area contributed by atoms with Crippen molar-refractivity contribution in [2.75, 3.05) is 7.11 Å². The van der Waals surface area contributed by atoms with E-state index >= 15 is 0 Å². The van der Waals surface area contributed by atoms with Gasteiger partial charge in [-0.1, -0.05) is 12.1 Å². The SMILES string of the molecule is COC(=O)c1ccc(C(=O)Oc2ccccc2C(=O)O)cc1. The molecule has 0 aliphatic carbocycles. The average Bonchev–Trinajstić information content (AvgIpc) is 2.54. The van der Waals surface area contributed by atoms with Crippen LogP contribution in [-0.4, -0.2) is 30.1 Å². The molecule has 0 spiro atoms. The van der Waals surface area contributed by atoms with Crippen LogP contribution < -0.4 is 4.74 Å². The molecule has 0 aromatic heterocycles. The van der Waals surface area contributed by atoms with Crippen LogP contribution in [0.4, 0.5) is 0 Å². The van der Waals surface area contributed by atoms with Gasteiger partial charge in [0.1, 0.15) is 11.3 Å². The first-order valence-electron chi connectivity index (χ1n) is 6.26. The van der Waals surface area contributed by atoms with Gasteiger partial charge in [0, 0.05) is 0 Å². The van der Waals surface area contributed by atoms with Gasteiger partial charge >= 0.3 is 17.9 Å². The Kier molecular flexibility index (Phi) is 4.53. The zero-order valence-corrected chi connectivity index (χ0v) is 11.6. The Morgan fingerprint density at radius 2 is 1.41 bits per heavy atom. The maximum atomic E-state index is 12.0. The van der Waals surface area contributed by atoms with Gasteiger partial charge in [-0.15, -0.1) is 0 Å². The highest BCUT2D eigenvalue weighted by Gasteiger charge is 2.15. The van der Waals surface area contributed by atoms with E-state index in [0.29, 0.717) is 5.56 Å². The van der Waals surface area contributed by atoms with Crippen molar-refractivity contribution in [3.05, 3.63) is 65.2 Å². The van der Waals surface area contributed by atoms with Gasteiger partial charge in [0.15, 0.2) is 0 Å². The molecule has 0 fully saturated rings. The van der Waals surface area contributed by atoms with E-state index in [9.17, 15) is 14.4 Å². The van der Waals surface area contributed by atoms with Crippen LogP contribution in [0.3, 0.4) is 0 Å². The summed E-state index contributed by atoms with van der Waals surface area (Å²) in [6.45, 7) is 0. The molecule has 0 saturated carbocycles. The molecule has 1 N–H and O–H groups in total. The van der Waals surface area contributed by atoms with Crippen molar-refractivity contribution in [1.29, 1.82) is 0 Å². The minimum Gasteiger partial charge on any atom is -0.478 e. The molecule has 0 saturated heterocycles. The van der Waals surface area contributed by atoms with Crippen LogP contribution in [0, 0.1) is 0 Å². The van der Waals surface area contributed by atoms with Gasteiger partial charge < -0.3 is 14.6 Å². The summed E-state index contributed by atoms with van der Waals surface area (Å²) in [4.78, 5) is 34.4. The van der Waals surface area contributed by atoms with Gasteiger partial charge in [-0.3, -0.25) is 0 Å². The lowest BCUT2D eigenvalue weighted by Gasteiger charge is -2.07. The fourth-order valence-electron chi connectivity index (χ4n) is 1.75. The third-order valence-corrected chi connectivity index (χ3v) is 2.86. The fourth-order valence-corrected chi connectivity index (χ4v) is 1.75. The van der Waals surface area contributed by atoms with E-state index in [-0.39, 0.29) is 16.9 Å². The largest absolute Gasteiger partial charge is 0.478 e. The number of hydrogen-bond donors (Lipinski definition) is 1. The van der Waals surface area contributed by atoms with Gasteiger partial charge in [-0.2, -0.15) is 0 Å². The predicted molar refractivity (Wildman–Crippen MR) is 76.1 cm³/mol. The number of carboxylic acid groups (broad SMARTS) is 1. The summed E-state index contributed by atoms with van der Waals surface area (Å²) in [6.07, 6.45) is 0. The third-order valence-electron chi connectivity index (χ3n) is 2.86. The summed E-state index contributed by atoms with van der Waals surface area (Å²) >= 11 is 0. The predicted octanol–water partition coefficient (Wildman–Crippen LogP) is 2.39. The van der Waals surface area contributed by atoms with Gasteiger partial charge in [0.05, 0.1) is 18.2 Å². The fraction of sp³-hybridized carbons (Fsp3) is 0.0625. The average molecular weight is 300 g/mol. The first-order valence-corrected chi connectivity index (χ1v) is 6.26. The summed E-state index contributed by atoms with van der Waals surface area (Å²) in [5, 5.41) is 9.03. The molecule has 2 aromatic carbocycles. The van der Waals surface area contributed by atoms with Crippen molar-refractivity contribution in [3.63, 3.8) is 0 Å². The summed E-state index contributed by atoms with van der Waals surface area (Å²) in [6, 6.07) is 11.5. The van der Waals surface area contributed by atoms with Crippen LogP contribution >= 0.6 is 0 Å². The Hall–Kier alpha value is -3.15. The Labute approximate surface area is 125 Å². The maximum absolute atomic E-state index is 12.0. The second-order valence-corrected chi connectivity index (χ2v) is 4.26. The molecule has 0 heterocycles. The summed E-state index contributed by atoms with van der Waals surface area (Å²) < 4.78 is 9.64. The Bertz CT molecular complexity index is 718. The molecular formula is C16H12O6. The quantitative estimate of drug-likeness (QED) is 0.688. The molecule has 0 aliphatic heterocycles. The maximum Gasteiger partial charge on any atom is 0.343 e. The molecule has 0 amide bonds. The third kappa shape index (κ3) is 3.29. The molecule has 0 bridgehead atoms. The molecule has 2 aromatic rings. The van der Waals surface area contributed by atoms with Crippen molar-refractivity contribution in [2.24, 2.45) is 0 Å². The monoisotopic (exact) mass is 300 g/mol. The lowest BCUT2D eigenvalue weighted by Crippen LogP contribution is -2.12. The number of esters is 2. The van der Waals surface area contributed by atoms with Crippen LogP contribution in [0.1, 0.15) is 31.1 Å². The van der Waals surface area contributed by atoms with Gasteiger partial charge in [0.2, 0.25) is 0 Å². The molecule has 22 heavy (non-hydrogen) atoms. The number of carboxylic acids is 1. The molecule has 0 atom stereocenters. The highest BCUT2D eigenvalue weighted by Crippen LogP contribution is 2.19. The molecule has 0 aliphatic rings. The normalized spacial score (nSPS) is 9.86. The molecule has 6 nitrogen and oxygen atoms in total. The molecule has 0 radical (unpaired) electrons. The number of hydrogen-bond acceptors (Lipinski definition) is 5. The molecular weight excluding hydrogens is 288 g/mol. The summed E-state index contributed by atoms with van der Waals surface area (Å²) in [7, 11) is 1.26. The number of rotatable bonds is 4. The van der Waals surface area contributed by atoms with Gasteiger partial charge in [0.25, 0.3) is 0 Å². The standard InChI is InChI=1S/C16H12O6/c1-21-15(19)10-6-8-11(9-7-10)16(20)22-13-5-3-2-4-12(13)14(17)18/h2-9H,1H3,(H,17,18). The van der Waals surface area contributed by atoms with Crippen LogP contribution in [0.25, 0.3) is 0 Å². The second kappa shape index (κ2) is 6.53. The number of benzene rings is 2. The number of ether oxygens (including phenoxy) is 2. The van der Waals surface area contributed by atoms with Crippen molar-refractivity contribution in [3.8, 4) is 5.75 Å².